The van der Waals surface area contributed by atoms with Crippen LogP contribution in [0.5, 0.6) is 11.5 Å². The zero-order valence-corrected chi connectivity index (χ0v) is 19.2. The van der Waals surface area contributed by atoms with E-state index < -0.39 is 10.9 Å². The predicted octanol–water partition coefficient (Wildman–Crippen LogP) is 4.38. The van der Waals surface area contributed by atoms with E-state index in [0.29, 0.717) is 73.7 Å². The van der Waals surface area contributed by atoms with Crippen molar-refractivity contribution >= 4 is 38.3 Å². The van der Waals surface area contributed by atoms with Crippen molar-refractivity contribution in [1.82, 2.24) is 9.97 Å². The van der Waals surface area contributed by atoms with E-state index >= 15 is 0 Å². The molecule has 1 aliphatic heterocycles. The van der Waals surface area contributed by atoms with Crippen molar-refractivity contribution in [2.45, 2.75) is 38.0 Å². The van der Waals surface area contributed by atoms with Crippen molar-refractivity contribution in [3.8, 4) is 11.5 Å². The number of carboxylic acid groups (broad SMARTS) is 1. The highest BCUT2D eigenvalue weighted by Gasteiger charge is 2.29. The second-order valence-corrected chi connectivity index (χ2v) is 9.54. The molecule has 0 bridgehead atoms. The van der Waals surface area contributed by atoms with E-state index in [1.807, 2.05) is 18.2 Å². The molecule has 5 rings (SSSR count). The molecule has 0 spiro atoms. The molecule has 34 heavy (non-hydrogen) atoms. The van der Waals surface area contributed by atoms with Crippen LogP contribution in [0.4, 0.5) is 10.8 Å². The third kappa shape index (κ3) is 4.60. The minimum Gasteiger partial charge on any atom is -0.486 e. The fourth-order valence-corrected chi connectivity index (χ4v) is 5.35. The highest BCUT2D eigenvalue weighted by molar-refractivity contribution is 7.21. The molecule has 2 aliphatic rings. The molecular weight excluding hydrogens is 460 g/mol. The van der Waals surface area contributed by atoms with Crippen LogP contribution < -0.4 is 14.8 Å². The Morgan fingerprint density at radius 2 is 1.91 bits per heavy atom. The normalized spacial score (nSPS) is 19.6. The summed E-state index contributed by atoms with van der Waals surface area (Å²) in [5.74, 6) is 1.63. The SMILES string of the molecule is O=C(O)C1CCC(c2nc(NCCc3ccc4c(c3)OCCO4)c3cc([N+](=O)[O-])sc3n2)CC1. The second kappa shape index (κ2) is 9.41. The van der Waals surface area contributed by atoms with E-state index in [0.717, 1.165) is 28.4 Å². The van der Waals surface area contributed by atoms with E-state index in [4.69, 9.17) is 14.5 Å². The van der Waals surface area contributed by atoms with Gasteiger partial charge in [-0.3, -0.25) is 14.9 Å². The summed E-state index contributed by atoms with van der Waals surface area (Å²) in [4.78, 5) is 32.2. The van der Waals surface area contributed by atoms with E-state index in [-0.39, 0.29) is 16.8 Å². The Bertz CT molecular complexity index is 1240. The van der Waals surface area contributed by atoms with Crippen LogP contribution in [0.1, 0.15) is 43.0 Å². The Kier molecular flexibility index (Phi) is 6.18. The zero-order valence-electron chi connectivity index (χ0n) is 18.4. The Balaban J connectivity index is 1.35. The van der Waals surface area contributed by atoms with Gasteiger partial charge in [0, 0.05) is 18.5 Å². The monoisotopic (exact) mass is 484 g/mol. The number of nitro groups is 1. The van der Waals surface area contributed by atoms with Crippen molar-refractivity contribution in [2.24, 2.45) is 5.92 Å². The van der Waals surface area contributed by atoms with Gasteiger partial charge in [-0.25, -0.2) is 9.97 Å². The van der Waals surface area contributed by atoms with E-state index in [1.54, 1.807) is 0 Å². The number of benzene rings is 1. The molecule has 0 saturated heterocycles. The number of carbonyl (C=O) groups is 1. The van der Waals surface area contributed by atoms with Crippen LogP contribution >= 0.6 is 11.3 Å². The van der Waals surface area contributed by atoms with Crippen molar-refractivity contribution in [2.75, 3.05) is 25.1 Å². The summed E-state index contributed by atoms with van der Waals surface area (Å²) in [5.41, 5.74) is 1.07. The lowest BCUT2D eigenvalue weighted by Gasteiger charge is -2.25. The largest absolute Gasteiger partial charge is 0.486 e. The highest BCUT2D eigenvalue weighted by Crippen LogP contribution is 2.39. The highest BCUT2D eigenvalue weighted by atomic mass is 32.1. The van der Waals surface area contributed by atoms with Gasteiger partial charge in [0.1, 0.15) is 29.7 Å². The lowest BCUT2D eigenvalue weighted by atomic mass is 9.81. The molecule has 1 aliphatic carbocycles. The van der Waals surface area contributed by atoms with Crippen LogP contribution in [0.25, 0.3) is 10.2 Å². The number of thiophene rings is 1. The summed E-state index contributed by atoms with van der Waals surface area (Å²) >= 11 is 1.03. The summed E-state index contributed by atoms with van der Waals surface area (Å²) in [5, 5.41) is 24.6. The average molecular weight is 485 g/mol. The lowest BCUT2D eigenvalue weighted by molar-refractivity contribution is -0.380. The van der Waals surface area contributed by atoms with E-state index in [9.17, 15) is 20.0 Å². The fourth-order valence-electron chi connectivity index (χ4n) is 4.50. The smallest absolute Gasteiger partial charge is 0.326 e. The maximum absolute atomic E-state index is 11.4. The van der Waals surface area contributed by atoms with Crippen molar-refractivity contribution in [3.63, 3.8) is 0 Å². The molecule has 2 aromatic heterocycles. The second-order valence-electron chi connectivity index (χ2n) is 8.53. The summed E-state index contributed by atoms with van der Waals surface area (Å²) in [7, 11) is 0. The van der Waals surface area contributed by atoms with Crippen LogP contribution in [-0.4, -0.2) is 45.7 Å². The van der Waals surface area contributed by atoms with Gasteiger partial charge in [0.25, 0.3) is 0 Å². The first-order chi connectivity index (χ1) is 16.5. The molecule has 1 saturated carbocycles. The van der Waals surface area contributed by atoms with Crippen molar-refractivity contribution < 1.29 is 24.3 Å². The zero-order chi connectivity index (χ0) is 23.7. The molecule has 11 heteroatoms. The Morgan fingerprint density at radius 3 is 2.65 bits per heavy atom. The molecule has 2 N–H and O–H groups in total. The van der Waals surface area contributed by atoms with Gasteiger partial charge < -0.3 is 19.9 Å². The Morgan fingerprint density at radius 1 is 1.15 bits per heavy atom. The van der Waals surface area contributed by atoms with Crippen LogP contribution in [0.3, 0.4) is 0 Å². The molecule has 3 heterocycles. The average Bonchev–Trinajstić information content (AvgIpc) is 3.29. The van der Waals surface area contributed by atoms with Gasteiger partial charge in [0.05, 0.1) is 16.2 Å². The molecule has 0 amide bonds. The maximum atomic E-state index is 11.4. The van der Waals surface area contributed by atoms with Gasteiger partial charge in [-0.15, -0.1) is 0 Å². The van der Waals surface area contributed by atoms with Gasteiger partial charge >= 0.3 is 11.0 Å². The van der Waals surface area contributed by atoms with Crippen molar-refractivity contribution in [3.05, 3.63) is 45.8 Å². The standard InChI is InChI=1S/C23H24N4O6S/c28-23(29)15-4-2-14(3-5-15)20-25-21(16-12-19(27(30)31)34-22(16)26-20)24-8-7-13-1-6-17-18(11-13)33-10-9-32-17/h1,6,11-12,14-15H,2-5,7-10H2,(H,28,29)(H,24,25,26). The Labute approximate surface area is 199 Å². The van der Waals surface area contributed by atoms with Gasteiger partial charge in [0.15, 0.2) is 11.5 Å². The van der Waals surface area contributed by atoms with Crippen LogP contribution in [0.2, 0.25) is 0 Å². The quantitative estimate of drug-likeness (QED) is 0.369. The molecule has 0 unspecified atom stereocenters. The van der Waals surface area contributed by atoms with Gasteiger partial charge in [-0.1, -0.05) is 6.07 Å². The molecule has 178 valence electrons. The first-order valence-corrected chi connectivity index (χ1v) is 12.1. The van der Waals surface area contributed by atoms with Crippen molar-refractivity contribution in [1.29, 1.82) is 0 Å². The number of hydrogen-bond donors (Lipinski definition) is 2. The van der Waals surface area contributed by atoms with E-state index in [2.05, 4.69) is 10.3 Å². The summed E-state index contributed by atoms with van der Waals surface area (Å²) in [6.07, 6.45) is 3.24. The third-order valence-corrected chi connectivity index (χ3v) is 7.31. The summed E-state index contributed by atoms with van der Waals surface area (Å²) < 4.78 is 11.2. The topological polar surface area (TPSA) is 137 Å². The van der Waals surface area contributed by atoms with E-state index in [1.165, 1.54) is 6.07 Å². The lowest BCUT2D eigenvalue weighted by Crippen LogP contribution is -2.21. The maximum Gasteiger partial charge on any atom is 0.326 e. The minimum absolute atomic E-state index is 0.0194. The number of aliphatic carboxylic acids is 1. The fraction of sp³-hybridized carbons (Fsp3) is 0.435. The van der Waals surface area contributed by atoms with Gasteiger partial charge in [-0.2, -0.15) is 0 Å². The molecule has 1 aromatic carbocycles. The van der Waals surface area contributed by atoms with Crippen LogP contribution in [0.15, 0.2) is 24.3 Å². The summed E-state index contributed by atoms with van der Waals surface area (Å²) in [6, 6.07) is 7.37. The van der Waals surface area contributed by atoms with Crippen LogP contribution in [-0.2, 0) is 11.2 Å². The number of rotatable bonds is 7. The third-order valence-electron chi connectivity index (χ3n) is 6.33. The number of nitrogens with zero attached hydrogens (tertiary/aromatic N) is 3. The first kappa shape index (κ1) is 22.3. The number of ether oxygens (including phenoxy) is 2. The number of fused-ring (bicyclic) bond motifs is 2. The van der Waals surface area contributed by atoms with Crippen LogP contribution in [0, 0.1) is 16.0 Å². The van der Waals surface area contributed by atoms with Gasteiger partial charge in [0.2, 0.25) is 0 Å². The minimum atomic E-state index is -0.759. The molecule has 0 radical (unpaired) electrons. The number of aromatic nitrogens is 2. The van der Waals surface area contributed by atoms with Gasteiger partial charge in [-0.05, 0) is 61.1 Å². The first-order valence-electron chi connectivity index (χ1n) is 11.3. The number of hydrogen-bond acceptors (Lipinski definition) is 9. The number of nitrogens with one attached hydrogen (secondary N) is 1. The molecule has 1 fully saturated rings. The molecule has 10 nitrogen and oxygen atoms in total. The number of anilines is 1. The summed E-state index contributed by atoms with van der Waals surface area (Å²) in [6.45, 7) is 1.65. The molecule has 0 atom stereocenters. The number of carboxylic acids is 1. The molecular formula is C23H24N4O6S. The Hall–Kier alpha value is -3.47. The molecule has 3 aromatic rings. The predicted molar refractivity (Wildman–Crippen MR) is 126 cm³/mol.